The summed E-state index contributed by atoms with van der Waals surface area (Å²) in [6.45, 7) is 1.62. The van der Waals surface area contributed by atoms with Crippen LogP contribution in [0.25, 0.3) is 5.70 Å². The third kappa shape index (κ3) is 10.0. The topological polar surface area (TPSA) is 248 Å². The van der Waals surface area contributed by atoms with Crippen LogP contribution in [0.4, 0.5) is 11.4 Å². The van der Waals surface area contributed by atoms with E-state index < -0.39 is 35.6 Å². The largest absolute Gasteiger partial charge is 0.457 e. The highest BCUT2D eigenvalue weighted by Gasteiger charge is 2.44. The number of fused-ring (bicyclic) bond motifs is 1. The molecule has 4 aromatic carbocycles. The average Bonchev–Trinajstić information content (AvgIpc) is 3.56. The van der Waals surface area contributed by atoms with Crippen LogP contribution < -0.4 is 37.5 Å². The van der Waals surface area contributed by atoms with Gasteiger partial charge in [0.05, 0.1) is 23.4 Å². The van der Waals surface area contributed by atoms with E-state index in [1.807, 2.05) is 47.4 Å². The summed E-state index contributed by atoms with van der Waals surface area (Å²) in [6, 6.07) is 27.3. The van der Waals surface area contributed by atoms with Crippen LogP contribution in [0.1, 0.15) is 70.4 Å². The molecule has 334 valence electrons. The summed E-state index contributed by atoms with van der Waals surface area (Å²) in [5.74, 6) is -1.37. The van der Waals surface area contributed by atoms with Crippen molar-refractivity contribution in [1.29, 1.82) is 0 Å². The highest BCUT2D eigenvalue weighted by molar-refractivity contribution is 6.25. The molecule has 0 radical (unpaired) electrons. The van der Waals surface area contributed by atoms with E-state index in [1.54, 1.807) is 42.5 Å². The molecular weight excluding hydrogens is 831 g/mol. The molecule has 4 aliphatic heterocycles. The van der Waals surface area contributed by atoms with Crippen molar-refractivity contribution in [3.63, 3.8) is 0 Å². The van der Waals surface area contributed by atoms with Crippen LogP contribution in [0.5, 0.6) is 11.5 Å². The number of para-hydroxylation sites is 1. The minimum Gasteiger partial charge on any atom is -0.457 e. The number of nitrogens with one attached hydrogen (secondary N) is 4. The molecule has 4 heterocycles. The van der Waals surface area contributed by atoms with Crippen molar-refractivity contribution >= 4 is 64.3 Å². The zero-order valence-electron chi connectivity index (χ0n) is 35.5. The quantitative estimate of drug-likeness (QED) is 0.0787. The third-order valence-corrected chi connectivity index (χ3v) is 12.1. The van der Waals surface area contributed by atoms with Crippen molar-refractivity contribution in [3.05, 3.63) is 125 Å². The predicted molar refractivity (Wildman–Crippen MR) is 241 cm³/mol. The summed E-state index contributed by atoms with van der Waals surface area (Å²) in [6.07, 6.45) is 3.32. The summed E-state index contributed by atoms with van der Waals surface area (Å²) in [7, 11) is 0. The van der Waals surface area contributed by atoms with E-state index in [9.17, 15) is 33.6 Å². The smallest absolute Gasteiger partial charge is 0.262 e. The lowest BCUT2D eigenvalue weighted by Gasteiger charge is -2.38. The Morgan fingerprint density at radius 2 is 1.48 bits per heavy atom. The number of amides is 7. The molecule has 8 N–H and O–H groups in total. The molecule has 7 amide bonds. The zero-order valence-corrected chi connectivity index (χ0v) is 35.5. The van der Waals surface area contributed by atoms with E-state index in [0.29, 0.717) is 66.7 Å². The molecule has 4 aliphatic rings. The highest BCUT2D eigenvalue weighted by atomic mass is 16.5. The van der Waals surface area contributed by atoms with Crippen molar-refractivity contribution in [2.75, 3.05) is 36.8 Å². The number of nitrogens with zero attached hydrogens (tertiary/aromatic N) is 3. The Morgan fingerprint density at radius 3 is 2.18 bits per heavy atom. The monoisotopic (exact) mass is 879 g/mol. The molecule has 0 aromatic heterocycles. The molecule has 2 atom stereocenters. The zero-order chi connectivity index (χ0) is 45.6. The second kappa shape index (κ2) is 19.3. The van der Waals surface area contributed by atoms with Gasteiger partial charge in [-0.3, -0.25) is 48.8 Å². The molecule has 4 aromatic rings. The van der Waals surface area contributed by atoms with E-state index >= 15 is 0 Å². The lowest BCUT2D eigenvalue weighted by atomic mass is 9.86. The number of carbonyl (C=O) groups excluding carboxylic acids is 7. The fourth-order valence-corrected chi connectivity index (χ4v) is 8.65. The Labute approximate surface area is 374 Å². The number of aryl methyl sites for hydroxylation is 1. The number of hydrogen-bond acceptors (Lipinski definition) is 12. The number of imide groups is 2. The van der Waals surface area contributed by atoms with Crippen LogP contribution in [-0.4, -0.2) is 95.2 Å². The van der Waals surface area contributed by atoms with Gasteiger partial charge in [-0.05, 0) is 116 Å². The number of nitrogens with two attached hydrogens (primary N) is 2. The number of aliphatic imine (C=N–C) groups is 1. The third-order valence-electron chi connectivity index (χ3n) is 12.1. The number of carbonyl (C=O) groups is 7. The van der Waals surface area contributed by atoms with Crippen LogP contribution in [0, 0.1) is 5.92 Å². The van der Waals surface area contributed by atoms with Crippen molar-refractivity contribution in [2.45, 2.75) is 57.0 Å². The number of hydrogen-bond donors (Lipinski definition) is 6. The fourth-order valence-electron chi connectivity index (χ4n) is 8.65. The van der Waals surface area contributed by atoms with Crippen LogP contribution >= 0.6 is 0 Å². The number of ether oxygens (including phenoxy) is 1. The second-order valence-electron chi connectivity index (χ2n) is 16.4. The Hall–Kier alpha value is -7.82. The van der Waals surface area contributed by atoms with Gasteiger partial charge in [-0.25, -0.2) is 0 Å². The van der Waals surface area contributed by atoms with E-state index in [1.165, 1.54) is 12.1 Å². The minimum absolute atomic E-state index is 0.0256. The lowest BCUT2D eigenvalue weighted by Crippen LogP contribution is -2.54. The second-order valence-corrected chi connectivity index (χ2v) is 16.4. The SMILES string of the molecule is NC(=O)C(C1=NCC[C@@H](C2CCN(C(=O)CCc3ccc(NC(=O)CNc4ccc5c(c4)C(=O)N(C4CCC(=O)NC4=O)C5=O)cc3)CC2)N1)=C(N)c1ccc(Oc2ccccc2)cc1. The number of piperidine rings is 2. The lowest BCUT2D eigenvalue weighted by molar-refractivity contribution is -0.136. The van der Waals surface area contributed by atoms with E-state index in [2.05, 4.69) is 26.3 Å². The summed E-state index contributed by atoms with van der Waals surface area (Å²) in [5, 5.41) is 11.4. The van der Waals surface area contributed by atoms with Gasteiger partial charge in [-0.1, -0.05) is 30.3 Å². The van der Waals surface area contributed by atoms with Crippen molar-refractivity contribution < 1.29 is 38.3 Å². The highest BCUT2D eigenvalue weighted by Crippen LogP contribution is 2.31. The molecule has 0 bridgehead atoms. The summed E-state index contributed by atoms with van der Waals surface area (Å²) >= 11 is 0. The number of benzene rings is 4. The fraction of sp³-hybridized carbons (Fsp3) is 0.292. The molecule has 17 nitrogen and oxygen atoms in total. The van der Waals surface area contributed by atoms with Crippen LogP contribution in [0.3, 0.4) is 0 Å². The maximum Gasteiger partial charge on any atom is 0.262 e. The van der Waals surface area contributed by atoms with Crippen molar-refractivity contribution in [1.82, 2.24) is 20.4 Å². The number of amidine groups is 1. The summed E-state index contributed by atoms with van der Waals surface area (Å²) < 4.78 is 5.89. The number of primary amides is 1. The maximum atomic E-state index is 13.3. The molecule has 1 unspecified atom stereocenters. The van der Waals surface area contributed by atoms with Crippen molar-refractivity contribution in [3.8, 4) is 11.5 Å². The van der Waals surface area contributed by atoms with Crippen LogP contribution in [0.2, 0.25) is 0 Å². The first kappa shape index (κ1) is 43.8. The Balaban J connectivity index is 0.769. The average molecular weight is 880 g/mol. The number of rotatable bonds is 14. The molecule has 8 rings (SSSR count). The first-order valence-corrected chi connectivity index (χ1v) is 21.6. The van der Waals surface area contributed by atoms with Gasteiger partial charge in [0.15, 0.2) is 0 Å². The number of likely N-dealkylation sites (tertiary alicyclic amines) is 1. The van der Waals surface area contributed by atoms with Gasteiger partial charge in [-0.15, -0.1) is 0 Å². The predicted octanol–water partition coefficient (Wildman–Crippen LogP) is 3.72. The first-order valence-electron chi connectivity index (χ1n) is 21.6. The Morgan fingerprint density at radius 1 is 0.785 bits per heavy atom. The van der Waals surface area contributed by atoms with Gasteiger partial charge >= 0.3 is 0 Å². The molecule has 17 heteroatoms. The molecule has 2 fully saturated rings. The van der Waals surface area contributed by atoms with Gasteiger partial charge in [-0.2, -0.15) is 0 Å². The molecular formula is C48H49N9O8. The molecule has 0 aliphatic carbocycles. The summed E-state index contributed by atoms with van der Waals surface area (Å²) in [4.78, 5) is 96.3. The number of anilines is 2. The van der Waals surface area contributed by atoms with E-state index in [-0.39, 0.29) is 65.6 Å². The Bertz CT molecular complexity index is 2590. The van der Waals surface area contributed by atoms with Crippen LogP contribution in [-0.2, 0) is 30.4 Å². The van der Waals surface area contributed by atoms with Gasteiger partial charge in [0.1, 0.15) is 28.9 Å². The molecule has 65 heavy (non-hydrogen) atoms. The maximum absolute atomic E-state index is 13.3. The van der Waals surface area contributed by atoms with Gasteiger partial charge in [0, 0.05) is 49.9 Å². The van der Waals surface area contributed by atoms with Crippen LogP contribution in [0.15, 0.2) is 108 Å². The standard InChI is InChI=1S/C48H49N9O8/c49-43(30-9-14-34(15-10-30)65-33-4-2-1-3-5-33)42(44(50)61)45-51-23-20-37(54-45)29-21-24-56(25-22-29)41(60)19-8-28-6-11-31(12-7-28)53-40(59)27-52-32-13-16-35-36(26-32)48(64)57(47(35)63)38-17-18-39(58)55-46(38)62/h1-7,9-16,26,29,37-38,52H,8,17-25,27,49H2,(H2,50,61)(H,51,54)(H,53,59)(H,55,58,62)/t37-,38?/m0/s1. The van der Waals surface area contributed by atoms with Crippen molar-refractivity contribution in [2.24, 2.45) is 22.4 Å². The normalized spacial score (nSPS) is 19.0. The molecule has 0 spiro atoms. The Kier molecular flexibility index (Phi) is 13.0. The van der Waals surface area contributed by atoms with Gasteiger partial charge in [0.25, 0.3) is 17.7 Å². The van der Waals surface area contributed by atoms with E-state index in [0.717, 1.165) is 29.7 Å². The molecule has 0 saturated carbocycles. The first-order chi connectivity index (χ1) is 31.4. The van der Waals surface area contributed by atoms with Gasteiger partial charge in [0.2, 0.25) is 23.6 Å². The minimum atomic E-state index is -1.07. The van der Waals surface area contributed by atoms with Gasteiger partial charge < -0.3 is 37.1 Å². The van der Waals surface area contributed by atoms with E-state index in [4.69, 9.17) is 16.2 Å². The summed E-state index contributed by atoms with van der Waals surface area (Å²) in [5.41, 5.74) is 15.6. The molecule has 2 saturated heterocycles.